The molecule has 0 aromatic carbocycles. The minimum atomic E-state index is -4.48. The van der Waals surface area contributed by atoms with Gasteiger partial charge in [0.15, 0.2) is 0 Å². The largest absolute Gasteiger partial charge is 0.481 e. The number of fused-ring (bicyclic) bond motifs is 1. The van der Waals surface area contributed by atoms with Crippen molar-refractivity contribution in [3.05, 3.63) is 0 Å². The highest BCUT2D eigenvalue weighted by atomic mass is 19.4. The molecule has 3 fully saturated rings. The monoisotopic (exact) mass is 377 g/mol. The Morgan fingerprint density at radius 1 is 1.27 bits per heavy atom. The Hall–Kier alpha value is -2.00. The van der Waals surface area contributed by atoms with E-state index >= 15 is 0 Å². The maximum atomic E-state index is 12.6. The van der Waals surface area contributed by atoms with E-state index in [0.717, 1.165) is 12.8 Å². The van der Waals surface area contributed by atoms with Crippen LogP contribution in [0.3, 0.4) is 0 Å². The first-order valence-electron chi connectivity index (χ1n) is 8.77. The van der Waals surface area contributed by atoms with Gasteiger partial charge in [-0.2, -0.15) is 13.2 Å². The molecule has 10 heteroatoms. The zero-order valence-electron chi connectivity index (χ0n) is 14.2. The summed E-state index contributed by atoms with van der Waals surface area (Å²) < 4.78 is 37.7. The Kier molecular flexibility index (Phi) is 4.78. The van der Waals surface area contributed by atoms with Gasteiger partial charge in [-0.3, -0.25) is 9.59 Å². The van der Waals surface area contributed by atoms with Crippen molar-refractivity contribution in [1.82, 2.24) is 15.1 Å². The van der Waals surface area contributed by atoms with Gasteiger partial charge in [-0.1, -0.05) is 6.42 Å². The molecule has 0 spiro atoms. The lowest BCUT2D eigenvalue weighted by Crippen LogP contribution is -2.56. The number of halogens is 3. The van der Waals surface area contributed by atoms with E-state index in [1.807, 2.05) is 0 Å². The fraction of sp³-hybridized carbons (Fsp3) is 0.812. The minimum Gasteiger partial charge on any atom is -0.481 e. The number of hydrogen-bond donors (Lipinski definition) is 2. The van der Waals surface area contributed by atoms with Gasteiger partial charge in [-0.15, -0.1) is 0 Å². The third-order valence-corrected chi connectivity index (χ3v) is 5.78. The summed E-state index contributed by atoms with van der Waals surface area (Å²) in [5.41, 5.74) is -0.934. The predicted octanol–water partition coefficient (Wildman–Crippen LogP) is 1.44. The molecule has 0 bridgehead atoms. The number of nitrogens with zero attached hydrogens (tertiary/aromatic N) is 2. The number of amides is 3. The Bertz CT molecular complexity index is 612. The SMILES string of the molecule is O=C(NC1CCCN(CC(F)(F)F)C1=O)N1C[C@@H]2CCC[C@@]2(C(=O)O)C1. The van der Waals surface area contributed by atoms with Crippen LogP contribution in [0.4, 0.5) is 18.0 Å². The Balaban J connectivity index is 1.61. The standard InChI is InChI=1S/C16H22F3N3O4/c17-16(18,19)9-21-6-2-4-11(12(21)23)20-14(26)22-7-10-3-1-5-15(10,8-22)13(24)25/h10-11H,1-9H2,(H,20,26)(H,24,25)/t10-,11?,15+/m0/s1. The first-order valence-corrected chi connectivity index (χ1v) is 8.77. The van der Waals surface area contributed by atoms with E-state index in [4.69, 9.17) is 0 Å². The van der Waals surface area contributed by atoms with Crippen LogP contribution in [-0.2, 0) is 9.59 Å². The lowest BCUT2D eigenvalue weighted by Gasteiger charge is -2.34. The zero-order valence-corrected chi connectivity index (χ0v) is 14.2. The molecule has 2 N–H and O–H groups in total. The first kappa shape index (κ1) is 18.8. The molecule has 26 heavy (non-hydrogen) atoms. The van der Waals surface area contributed by atoms with Crippen LogP contribution >= 0.6 is 0 Å². The average molecular weight is 377 g/mol. The van der Waals surface area contributed by atoms with Crippen molar-refractivity contribution in [2.75, 3.05) is 26.2 Å². The lowest BCUT2D eigenvalue weighted by molar-refractivity contribution is -0.164. The van der Waals surface area contributed by atoms with Crippen molar-refractivity contribution in [1.29, 1.82) is 0 Å². The maximum absolute atomic E-state index is 12.6. The fourth-order valence-electron chi connectivity index (χ4n) is 4.48. The van der Waals surface area contributed by atoms with Crippen LogP contribution in [0.15, 0.2) is 0 Å². The normalized spacial score (nSPS) is 31.9. The molecule has 0 aromatic heterocycles. The van der Waals surface area contributed by atoms with Crippen LogP contribution in [0.1, 0.15) is 32.1 Å². The number of alkyl halides is 3. The minimum absolute atomic E-state index is 0.0125. The number of carboxylic acid groups (broad SMARTS) is 1. The Morgan fingerprint density at radius 2 is 2.00 bits per heavy atom. The summed E-state index contributed by atoms with van der Waals surface area (Å²) in [4.78, 5) is 38.5. The third kappa shape index (κ3) is 3.45. The van der Waals surface area contributed by atoms with Crippen molar-refractivity contribution < 1.29 is 32.7 Å². The summed E-state index contributed by atoms with van der Waals surface area (Å²) in [6, 6.07) is -1.58. The van der Waals surface area contributed by atoms with Gasteiger partial charge >= 0.3 is 18.2 Å². The number of urea groups is 1. The Morgan fingerprint density at radius 3 is 2.62 bits per heavy atom. The van der Waals surface area contributed by atoms with Crippen molar-refractivity contribution in [3.63, 3.8) is 0 Å². The van der Waals surface area contributed by atoms with Gasteiger partial charge in [0.1, 0.15) is 12.6 Å². The summed E-state index contributed by atoms with van der Waals surface area (Å²) in [6.07, 6.45) is -1.78. The molecule has 0 aromatic rings. The summed E-state index contributed by atoms with van der Waals surface area (Å²) in [5.74, 6) is -1.77. The second-order valence-electron chi connectivity index (χ2n) is 7.45. The zero-order chi connectivity index (χ0) is 19.1. The molecule has 7 nitrogen and oxygen atoms in total. The van der Waals surface area contributed by atoms with Gasteiger partial charge in [0.25, 0.3) is 0 Å². The molecular formula is C16H22F3N3O4. The van der Waals surface area contributed by atoms with Crippen molar-refractivity contribution in [2.24, 2.45) is 11.3 Å². The highest BCUT2D eigenvalue weighted by Crippen LogP contribution is 2.48. The molecule has 146 valence electrons. The van der Waals surface area contributed by atoms with Crippen molar-refractivity contribution in [2.45, 2.75) is 44.3 Å². The van der Waals surface area contributed by atoms with E-state index < -0.39 is 42.1 Å². The summed E-state index contributed by atoms with van der Waals surface area (Å²) >= 11 is 0. The van der Waals surface area contributed by atoms with Crippen LogP contribution in [0.5, 0.6) is 0 Å². The topological polar surface area (TPSA) is 90.0 Å². The van der Waals surface area contributed by atoms with E-state index in [1.54, 1.807) is 0 Å². The summed E-state index contributed by atoms with van der Waals surface area (Å²) in [7, 11) is 0. The smallest absolute Gasteiger partial charge is 0.406 e. The molecular weight excluding hydrogens is 355 g/mol. The highest BCUT2D eigenvalue weighted by molar-refractivity contribution is 5.88. The number of piperidine rings is 1. The molecule has 1 unspecified atom stereocenters. The maximum Gasteiger partial charge on any atom is 0.406 e. The van der Waals surface area contributed by atoms with Crippen LogP contribution in [0.25, 0.3) is 0 Å². The number of nitrogens with one attached hydrogen (secondary N) is 1. The van der Waals surface area contributed by atoms with Crippen LogP contribution < -0.4 is 5.32 Å². The molecule has 2 saturated heterocycles. The van der Waals surface area contributed by atoms with Gasteiger partial charge in [0, 0.05) is 19.6 Å². The van der Waals surface area contributed by atoms with Gasteiger partial charge < -0.3 is 20.2 Å². The van der Waals surface area contributed by atoms with E-state index in [-0.39, 0.29) is 25.4 Å². The number of aliphatic carboxylic acids is 1. The second-order valence-corrected chi connectivity index (χ2v) is 7.45. The van der Waals surface area contributed by atoms with Gasteiger partial charge in [0.2, 0.25) is 5.91 Å². The molecule has 3 atom stereocenters. The van der Waals surface area contributed by atoms with Crippen LogP contribution in [-0.4, -0.2) is 71.2 Å². The molecule has 2 aliphatic heterocycles. The molecule has 0 radical (unpaired) electrons. The summed E-state index contributed by atoms with van der Waals surface area (Å²) in [6.45, 7) is -0.942. The number of likely N-dealkylation sites (tertiary alicyclic amines) is 2. The molecule has 1 saturated carbocycles. The van der Waals surface area contributed by atoms with Crippen molar-refractivity contribution in [3.8, 4) is 0 Å². The number of rotatable bonds is 3. The van der Waals surface area contributed by atoms with Gasteiger partial charge in [0.05, 0.1) is 5.41 Å². The van der Waals surface area contributed by atoms with E-state index in [0.29, 0.717) is 24.3 Å². The molecule has 2 heterocycles. The van der Waals surface area contributed by atoms with E-state index in [2.05, 4.69) is 5.32 Å². The van der Waals surface area contributed by atoms with Crippen LogP contribution in [0.2, 0.25) is 0 Å². The predicted molar refractivity (Wildman–Crippen MR) is 83.2 cm³/mol. The summed E-state index contributed by atoms with van der Waals surface area (Å²) in [5, 5.41) is 12.1. The molecule has 1 aliphatic carbocycles. The second kappa shape index (κ2) is 6.62. The highest BCUT2D eigenvalue weighted by Gasteiger charge is 2.56. The van der Waals surface area contributed by atoms with E-state index in [9.17, 15) is 32.7 Å². The molecule has 3 aliphatic rings. The number of hydrogen-bond acceptors (Lipinski definition) is 3. The van der Waals surface area contributed by atoms with Gasteiger partial charge in [-0.05, 0) is 31.6 Å². The Labute approximate surface area is 148 Å². The molecule has 3 amide bonds. The quantitative estimate of drug-likeness (QED) is 0.779. The van der Waals surface area contributed by atoms with Gasteiger partial charge in [-0.25, -0.2) is 4.79 Å². The third-order valence-electron chi connectivity index (χ3n) is 5.78. The molecule has 3 rings (SSSR count). The van der Waals surface area contributed by atoms with E-state index in [1.165, 1.54) is 4.90 Å². The lowest BCUT2D eigenvalue weighted by atomic mass is 9.81. The number of carboxylic acids is 1. The average Bonchev–Trinajstić information content (AvgIpc) is 3.08. The fourth-order valence-corrected chi connectivity index (χ4v) is 4.48. The van der Waals surface area contributed by atoms with Crippen LogP contribution in [0, 0.1) is 11.3 Å². The number of carbonyl (C=O) groups is 3. The number of carbonyl (C=O) groups excluding carboxylic acids is 2. The first-order chi connectivity index (χ1) is 12.1. The van der Waals surface area contributed by atoms with Crippen molar-refractivity contribution >= 4 is 17.9 Å².